The normalized spacial score (nSPS) is 30.5. The average molecular weight is 248 g/mol. The van der Waals surface area contributed by atoms with Gasteiger partial charge in [-0.15, -0.1) is 0 Å². The Balaban J connectivity index is 1.55. The average Bonchev–Trinajstić information content (AvgIpc) is 3.01. The second-order valence-electron chi connectivity index (χ2n) is 6.41. The Hall–Kier alpha value is -0.900. The molecule has 18 heavy (non-hydrogen) atoms. The van der Waals surface area contributed by atoms with Crippen LogP contribution in [-0.4, -0.2) is 20.8 Å². The summed E-state index contributed by atoms with van der Waals surface area (Å²) < 4.78 is 2.05. The second kappa shape index (κ2) is 5.00. The summed E-state index contributed by atoms with van der Waals surface area (Å²) in [6.07, 6.45) is 7.41. The van der Waals surface area contributed by atoms with Crippen LogP contribution >= 0.6 is 0 Å². The Bertz CT molecular complexity index is 398. The van der Waals surface area contributed by atoms with Crippen LogP contribution in [0.3, 0.4) is 0 Å². The van der Waals surface area contributed by atoms with E-state index in [4.69, 9.17) is 0 Å². The molecule has 2 bridgehead atoms. The first kappa shape index (κ1) is 12.2. The second-order valence-corrected chi connectivity index (χ2v) is 6.41. The molecule has 1 N–H and O–H groups in total. The van der Waals surface area contributed by atoms with Crippen LogP contribution in [0.1, 0.15) is 45.4 Å². The van der Waals surface area contributed by atoms with Crippen LogP contribution in [0.15, 0.2) is 6.33 Å². The van der Waals surface area contributed by atoms with E-state index in [1.165, 1.54) is 25.7 Å². The Kier molecular flexibility index (Phi) is 3.37. The number of fused-ring (bicyclic) bond motifs is 2. The molecule has 0 radical (unpaired) electrons. The highest BCUT2D eigenvalue weighted by molar-refractivity contribution is 4.95. The third-order valence-electron chi connectivity index (χ3n) is 4.49. The SMILES string of the molecule is CC(C)Cn1ncnc1CNC1CC2CCC1C2. The van der Waals surface area contributed by atoms with Gasteiger partial charge in [0.1, 0.15) is 12.2 Å². The molecule has 0 saturated heterocycles. The predicted molar refractivity (Wildman–Crippen MR) is 70.9 cm³/mol. The molecule has 0 aromatic carbocycles. The van der Waals surface area contributed by atoms with Crippen molar-refractivity contribution in [3.63, 3.8) is 0 Å². The first-order valence-corrected chi connectivity index (χ1v) is 7.32. The molecule has 0 aliphatic heterocycles. The van der Waals surface area contributed by atoms with Gasteiger partial charge in [0, 0.05) is 12.6 Å². The zero-order chi connectivity index (χ0) is 12.5. The van der Waals surface area contributed by atoms with Crippen molar-refractivity contribution in [2.45, 2.75) is 58.7 Å². The number of hydrogen-bond acceptors (Lipinski definition) is 3. The van der Waals surface area contributed by atoms with Crippen LogP contribution in [0.5, 0.6) is 0 Å². The molecule has 1 aromatic heterocycles. The first-order chi connectivity index (χ1) is 8.72. The molecule has 1 aromatic rings. The molecule has 0 spiro atoms. The van der Waals surface area contributed by atoms with Gasteiger partial charge in [0.15, 0.2) is 0 Å². The molecule has 3 rings (SSSR count). The van der Waals surface area contributed by atoms with Crippen LogP contribution in [-0.2, 0) is 13.1 Å². The van der Waals surface area contributed by atoms with Gasteiger partial charge in [-0.25, -0.2) is 9.67 Å². The number of aromatic nitrogens is 3. The van der Waals surface area contributed by atoms with Crippen LogP contribution < -0.4 is 5.32 Å². The van der Waals surface area contributed by atoms with Crippen molar-refractivity contribution < 1.29 is 0 Å². The zero-order valence-electron chi connectivity index (χ0n) is 11.5. The smallest absolute Gasteiger partial charge is 0.140 e. The molecule has 3 atom stereocenters. The summed E-state index contributed by atoms with van der Waals surface area (Å²) in [5, 5.41) is 8.02. The molecule has 2 saturated carbocycles. The summed E-state index contributed by atoms with van der Waals surface area (Å²) in [4.78, 5) is 4.38. The van der Waals surface area contributed by atoms with Gasteiger partial charge in [-0.3, -0.25) is 0 Å². The highest BCUT2D eigenvalue weighted by Crippen LogP contribution is 2.44. The molecule has 1 heterocycles. The molecule has 2 fully saturated rings. The van der Waals surface area contributed by atoms with Gasteiger partial charge >= 0.3 is 0 Å². The molecule has 2 aliphatic rings. The van der Waals surface area contributed by atoms with Gasteiger partial charge < -0.3 is 5.32 Å². The summed E-state index contributed by atoms with van der Waals surface area (Å²) in [5.74, 6) is 3.64. The van der Waals surface area contributed by atoms with Crippen molar-refractivity contribution in [1.29, 1.82) is 0 Å². The number of nitrogens with zero attached hydrogens (tertiary/aromatic N) is 3. The van der Waals surface area contributed by atoms with Crippen LogP contribution in [0.2, 0.25) is 0 Å². The van der Waals surface area contributed by atoms with Crippen molar-refractivity contribution in [2.24, 2.45) is 17.8 Å². The lowest BCUT2D eigenvalue weighted by molar-refractivity contribution is 0.342. The maximum absolute atomic E-state index is 4.38. The minimum atomic E-state index is 0.618. The van der Waals surface area contributed by atoms with E-state index in [2.05, 4.69) is 29.2 Å². The minimum Gasteiger partial charge on any atom is -0.307 e. The van der Waals surface area contributed by atoms with E-state index in [9.17, 15) is 0 Å². The molecule has 100 valence electrons. The van der Waals surface area contributed by atoms with E-state index in [1.807, 2.05) is 4.68 Å². The first-order valence-electron chi connectivity index (χ1n) is 7.32. The molecular weight excluding hydrogens is 224 g/mol. The van der Waals surface area contributed by atoms with E-state index in [-0.39, 0.29) is 0 Å². The van der Waals surface area contributed by atoms with Crippen LogP contribution in [0.4, 0.5) is 0 Å². The van der Waals surface area contributed by atoms with E-state index in [0.717, 1.165) is 36.8 Å². The number of nitrogens with one attached hydrogen (secondary N) is 1. The molecule has 0 amide bonds. The van der Waals surface area contributed by atoms with Crippen molar-refractivity contribution >= 4 is 0 Å². The third-order valence-corrected chi connectivity index (χ3v) is 4.49. The summed E-state index contributed by atoms with van der Waals surface area (Å²) in [7, 11) is 0. The van der Waals surface area contributed by atoms with E-state index < -0.39 is 0 Å². The summed E-state index contributed by atoms with van der Waals surface area (Å²) >= 11 is 0. The van der Waals surface area contributed by atoms with Gasteiger partial charge in [0.2, 0.25) is 0 Å². The quantitative estimate of drug-likeness (QED) is 0.869. The third kappa shape index (κ3) is 2.44. The fourth-order valence-electron chi connectivity index (χ4n) is 3.64. The van der Waals surface area contributed by atoms with Crippen LogP contribution in [0.25, 0.3) is 0 Å². The maximum Gasteiger partial charge on any atom is 0.140 e. The molecule has 2 aliphatic carbocycles. The molecule has 3 unspecified atom stereocenters. The lowest BCUT2D eigenvalue weighted by atomic mass is 9.95. The zero-order valence-corrected chi connectivity index (χ0v) is 11.5. The largest absolute Gasteiger partial charge is 0.307 e. The van der Waals surface area contributed by atoms with Crippen molar-refractivity contribution in [2.75, 3.05) is 0 Å². The summed E-state index contributed by atoms with van der Waals surface area (Å²) in [6.45, 7) is 6.28. The van der Waals surface area contributed by atoms with Crippen molar-refractivity contribution in [1.82, 2.24) is 20.1 Å². The molecule has 4 heteroatoms. The van der Waals surface area contributed by atoms with Gasteiger partial charge in [-0.05, 0) is 37.0 Å². The minimum absolute atomic E-state index is 0.618. The summed E-state index contributed by atoms with van der Waals surface area (Å²) in [6, 6.07) is 0.730. The fraction of sp³-hybridized carbons (Fsp3) is 0.857. The van der Waals surface area contributed by atoms with Gasteiger partial charge in [0.05, 0.1) is 6.54 Å². The van der Waals surface area contributed by atoms with Gasteiger partial charge in [-0.2, -0.15) is 5.10 Å². The van der Waals surface area contributed by atoms with Gasteiger partial charge in [0.25, 0.3) is 0 Å². The van der Waals surface area contributed by atoms with Crippen molar-refractivity contribution in [3.05, 3.63) is 12.2 Å². The lowest BCUT2D eigenvalue weighted by Crippen LogP contribution is -2.34. The highest BCUT2D eigenvalue weighted by atomic mass is 15.3. The Morgan fingerprint density at radius 2 is 2.28 bits per heavy atom. The topological polar surface area (TPSA) is 42.7 Å². The predicted octanol–water partition coefficient (Wildman–Crippen LogP) is 2.21. The maximum atomic E-state index is 4.38. The van der Waals surface area contributed by atoms with Gasteiger partial charge in [-0.1, -0.05) is 20.3 Å². The standard InChI is InChI=1S/C14H24N4/c1-10(2)8-18-14(16-9-17-18)7-15-13-6-11-3-4-12(13)5-11/h9-13,15H,3-8H2,1-2H3. The van der Waals surface area contributed by atoms with Crippen molar-refractivity contribution in [3.8, 4) is 0 Å². The monoisotopic (exact) mass is 248 g/mol. The van der Waals surface area contributed by atoms with Crippen LogP contribution in [0, 0.1) is 17.8 Å². The molecule has 4 nitrogen and oxygen atoms in total. The van der Waals surface area contributed by atoms with E-state index in [1.54, 1.807) is 6.33 Å². The fourth-order valence-corrected chi connectivity index (χ4v) is 3.64. The number of hydrogen-bond donors (Lipinski definition) is 1. The Morgan fingerprint density at radius 3 is 2.94 bits per heavy atom. The van der Waals surface area contributed by atoms with E-state index >= 15 is 0 Å². The lowest BCUT2D eigenvalue weighted by Gasteiger charge is -2.22. The Morgan fingerprint density at radius 1 is 1.39 bits per heavy atom. The Labute approximate surface area is 109 Å². The number of rotatable bonds is 5. The summed E-state index contributed by atoms with van der Waals surface area (Å²) in [5.41, 5.74) is 0. The highest BCUT2D eigenvalue weighted by Gasteiger charge is 2.39. The van der Waals surface area contributed by atoms with E-state index in [0.29, 0.717) is 5.92 Å². The molecular formula is C14H24N4.